The first-order valence-electron chi connectivity index (χ1n) is 6.80. The molecule has 20 heavy (non-hydrogen) atoms. The van der Waals surface area contributed by atoms with Crippen LogP contribution < -0.4 is 5.32 Å². The lowest BCUT2D eigenvalue weighted by Crippen LogP contribution is -2.07. The van der Waals surface area contributed by atoms with Crippen molar-refractivity contribution >= 4 is 16.9 Å². The van der Waals surface area contributed by atoms with E-state index >= 15 is 0 Å². The van der Waals surface area contributed by atoms with Gasteiger partial charge in [-0.05, 0) is 30.5 Å². The van der Waals surface area contributed by atoms with Gasteiger partial charge < -0.3 is 9.88 Å². The van der Waals surface area contributed by atoms with Crippen molar-refractivity contribution in [2.75, 3.05) is 11.9 Å². The zero-order chi connectivity index (χ0) is 13.9. The summed E-state index contributed by atoms with van der Waals surface area (Å²) in [5.74, 6) is 0.858. The first-order valence-corrected chi connectivity index (χ1v) is 6.80. The molecule has 0 unspecified atom stereocenters. The monoisotopic (exact) mass is 266 g/mol. The first-order chi connectivity index (χ1) is 9.75. The summed E-state index contributed by atoms with van der Waals surface area (Å²) in [6.07, 6.45) is 4.62. The third-order valence-electron chi connectivity index (χ3n) is 3.59. The Kier molecular flexibility index (Phi) is 3.37. The van der Waals surface area contributed by atoms with Crippen LogP contribution in [-0.4, -0.2) is 21.1 Å². The number of anilines is 1. The maximum absolute atomic E-state index is 4.40. The minimum absolute atomic E-state index is 0.855. The number of nitrogens with one attached hydrogen (secondary N) is 1. The Morgan fingerprint density at radius 3 is 2.85 bits per heavy atom. The fraction of sp³-hybridized carbons (Fsp3) is 0.250. The molecule has 0 aliphatic heterocycles. The lowest BCUT2D eigenvalue weighted by molar-refractivity contribution is 0.947. The van der Waals surface area contributed by atoms with Gasteiger partial charge in [-0.2, -0.15) is 0 Å². The number of hydrogen-bond acceptors (Lipinski definition) is 3. The van der Waals surface area contributed by atoms with E-state index in [0.717, 1.165) is 29.8 Å². The Bertz CT molecular complexity index is 730. The Morgan fingerprint density at radius 1 is 1.15 bits per heavy atom. The van der Waals surface area contributed by atoms with Gasteiger partial charge in [0.1, 0.15) is 5.52 Å². The number of aryl methyl sites for hydroxylation is 2. The molecule has 0 spiro atoms. The van der Waals surface area contributed by atoms with Gasteiger partial charge in [0.2, 0.25) is 0 Å². The van der Waals surface area contributed by atoms with E-state index in [9.17, 15) is 0 Å². The highest BCUT2D eigenvalue weighted by Gasteiger charge is 2.06. The second-order valence-electron chi connectivity index (χ2n) is 4.99. The lowest BCUT2D eigenvalue weighted by Gasteiger charge is -2.08. The average Bonchev–Trinajstić information content (AvgIpc) is 2.84. The fourth-order valence-electron chi connectivity index (χ4n) is 2.40. The summed E-state index contributed by atoms with van der Waals surface area (Å²) in [5, 5.41) is 3.39. The number of pyridine rings is 1. The van der Waals surface area contributed by atoms with Crippen molar-refractivity contribution in [3.05, 3.63) is 54.0 Å². The lowest BCUT2D eigenvalue weighted by atomic mass is 10.1. The first kappa shape index (κ1) is 12.7. The molecule has 0 saturated carbocycles. The van der Waals surface area contributed by atoms with Gasteiger partial charge in [0.05, 0.1) is 11.8 Å². The Balaban J connectivity index is 1.73. The normalized spacial score (nSPS) is 10.9. The van der Waals surface area contributed by atoms with Gasteiger partial charge in [0, 0.05) is 19.8 Å². The van der Waals surface area contributed by atoms with Crippen LogP contribution >= 0.6 is 0 Å². The third-order valence-corrected chi connectivity index (χ3v) is 3.59. The summed E-state index contributed by atoms with van der Waals surface area (Å²) in [5.41, 5.74) is 4.73. The van der Waals surface area contributed by atoms with E-state index in [0.29, 0.717) is 0 Å². The molecule has 1 aromatic carbocycles. The molecule has 3 aromatic rings. The predicted octanol–water partition coefficient (Wildman–Crippen LogP) is 2.93. The van der Waals surface area contributed by atoms with Crippen LogP contribution in [0.4, 0.5) is 5.82 Å². The van der Waals surface area contributed by atoms with E-state index < -0.39 is 0 Å². The van der Waals surface area contributed by atoms with Gasteiger partial charge in [-0.15, -0.1) is 0 Å². The van der Waals surface area contributed by atoms with Crippen molar-refractivity contribution < 1.29 is 0 Å². The molecule has 4 heteroatoms. The standard InChI is InChI=1S/C16H18N4/c1-12-5-3-4-6-13(12)7-9-17-16-15-14(8-10-18-16)20(2)11-19-15/h3-6,8,10-11H,7,9H2,1-2H3,(H,17,18). The van der Waals surface area contributed by atoms with Crippen molar-refractivity contribution in [3.63, 3.8) is 0 Å². The molecule has 0 aliphatic rings. The van der Waals surface area contributed by atoms with Crippen LogP contribution in [0.1, 0.15) is 11.1 Å². The summed E-state index contributed by atoms with van der Waals surface area (Å²) in [6, 6.07) is 10.5. The molecule has 0 saturated heterocycles. The van der Waals surface area contributed by atoms with Crippen LogP contribution in [0.5, 0.6) is 0 Å². The highest BCUT2D eigenvalue weighted by Crippen LogP contribution is 2.18. The topological polar surface area (TPSA) is 42.7 Å². The van der Waals surface area contributed by atoms with E-state index in [1.807, 2.05) is 30.2 Å². The molecule has 0 amide bonds. The van der Waals surface area contributed by atoms with Crippen molar-refractivity contribution in [1.29, 1.82) is 0 Å². The molecule has 102 valence electrons. The smallest absolute Gasteiger partial charge is 0.154 e. The summed E-state index contributed by atoms with van der Waals surface area (Å²) in [7, 11) is 1.99. The number of hydrogen-bond donors (Lipinski definition) is 1. The van der Waals surface area contributed by atoms with Crippen LogP contribution in [0.3, 0.4) is 0 Å². The number of fused-ring (bicyclic) bond motifs is 1. The molecule has 0 radical (unpaired) electrons. The number of aromatic nitrogens is 3. The Hall–Kier alpha value is -2.36. The molecule has 0 atom stereocenters. The Labute approximate surface area is 118 Å². The summed E-state index contributed by atoms with van der Waals surface area (Å²) in [4.78, 5) is 8.79. The minimum Gasteiger partial charge on any atom is -0.368 e. The number of nitrogens with zero attached hydrogens (tertiary/aromatic N) is 3. The summed E-state index contributed by atoms with van der Waals surface area (Å²) >= 11 is 0. The molecule has 0 aliphatic carbocycles. The van der Waals surface area contributed by atoms with Crippen LogP contribution in [0.2, 0.25) is 0 Å². The molecule has 0 bridgehead atoms. The number of rotatable bonds is 4. The maximum atomic E-state index is 4.40. The van der Waals surface area contributed by atoms with Crippen LogP contribution in [0.25, 0.3) is 11.0 Å². The molecule has 1 N–H and O–H groups in total. The van der Waals surface area contributed by atoms with Crippen LogP contribution in [-0.2, 0) is 13.5 Å². The fourth-order valence-corrected chi connectivity index (χ4v) is 2.40. The Morgan fingerprint density at radius 2 is 2.00 bits per heavy atom. The summed E-state index contributed by atoms with van der Waals surface area (Å²) < 4.78 is 2.00. The van der Waals surface area contributed by atoms with E-state index in [-0.39, 0.29) is 0 Å². The van der Waals surface area contributed by atoms with E-state index in [1.165, 1.54) is 11.1 Å². The second kappa shape index (κ2) is 5.33. The van der Waals surface area contributed by atoms with Crippen molar-refractivity contribution in [1.82, 2.24) is 14.5 Å². The SMILES string of the molecule is Cc1ccccc1CCNc1nccc2c1ncn2C. The maximum Gasteiger partial charge on any atom is 0.154 e. The molecule has 2 heterocycles. The largest absolute Gasteiger partial charge is 0.368 e. The molecular weight excluding hydrogens is 248 g/mol. The van der Waals surface area contributed by atoms with Gasteiger partial charge in [0.25, 0.3) is 0 Å². The molecule has 4 nitrogen and oxygen atoms in total. The van der Waals surface area contributed by atoms with Crippen molar-refractivity contribution in [2.45, 2.75) is 13.3 Å². The van der Waals surface area contributed by atoms with E-state index in [1.54, 1.807) is 0 Å². The molecule has 2 aromatic heterocycles. The third kappa shape index (κ3) is 2.37. The van der Waals surface area contributed by atoms with Gasteiger partial charge in [0.15, 0.2) is 5.82 Å². The predicted molar refractivity (Wildman–Crippen MR) is 81.9 cm³/mol. The van der Waals surface area contributed by atoms with Gasteiger partial charge in [-0.25, -0.2) is 9.97 Å². The summed E-state index contributed by atoms with van der Waals surface area (Å²) in [6.45, 7) is 3.00. The van der Waals surface area contributed by atoms with Crippen LogP contribution in [0, 0.1) is 6.92 Å². The van der Waals surface area contributed by atoms with Gasteiger partial charge in [-0.3, -0.25) is 0 Å². The average molecular weight is 266 g/mol. The quantitative estimate of drug-likeness (QED) is 0.789. The zero-order valence-corrected chi connectivity index (χ0v) is 11.8. The minimum atomic E-state index is 0.855. The van der Waals surface area contributed by atoms with Crippen molar-refractivity contribution in [2.24, 2.45) is 7.05 Å². The zero-order valence-electron chi connectivity index (χ0n) is 11.8. The van der Waals surface area contributed by atoms with Gasteiger partial charge >= 0.3 is 0 Å². The molecule has 0 fully saturated rings. The second-order valence-corrected chi connectivity index (χ2v) is 4.99. The van der Waals surface area contributed by atoms with Crippen LogP contribution in [0.15, 0.2) is 42.9 Å². The van der Waals surface area contributed by atoms with E-state index in [2.05, 4.69) is 46.5 Å². The highest BCUT2D eigenvalue weighted by molar-refractivity contribution is 5.85. The van der Waals surface area contributed by atoms with Crippen molar-refractivity contribution in [3.8, 4) is 0 Å². The number of benzene rings is 1. The molecule has 3 rings (SSSR count). The van der Waals surface area contributed by atoms with E-state index in [4.69, 9.17) is 0 Å². The number of imidazole rings is 1. The molecular formula is C16H18N4. The highest BCUT2D eigenvalue weighted by atomic mass is 15.1. The van der Waals surface area contributed by atoms with Gasteiger partial charge in [-0.1, -0.05) is 24.3 Å².